The lowest BCUT2D eigenvalue weighted by atomic mass is 10.1. The van der Waals surface area contributed by atoms with Crippen molar-refractivity contribution in [3.63, 3.8) is 0 Å². The van der Waals surface area contributed by atoms with Gasteiger partial charge in [0.05, 0.1) is 0 Å². The van der Waals surface area contributed by atoms with Gasteiger partial charge in [-0.25, -0.2) is 0 Å². The van der Waals surface area contributed by atoms with Crippen LogP contribution < -0.4 is 11.1 Å². The molecule has 0 saturated heterocycles. The minimum Gasteiger partial charge on any atom is -0.326 e. The molecule has 1 atom stereocenters. The highest BCUT2D eigenvalue weighted by atomic mass is 32.2. The van der Waals surface area contributed by atoms with E-state index in [-0.39, 0.29) is 5.56 Å². The Labute approximate surface area is 128 Å². The van der Waals surface area contributed by atoms with Gasteiger partial charge in [-0.15, -0.1) is 0 Å². The maximum absolute atomic E-state index is 12.2. The third-order valence-corrected chi connectivity index (χ3v) is 4.18. The number of anilines is 1. The van der Waals surface area contributed by atoms with Crippen molar-refractivity contribution in [1.82, 2.24) is 0 Å². The van der Waals surface area contributed by atoms with E-state index in [9.17, 15) is 17.8 Å². The van der Waals surface area contributed by atoms with E-state index in [1.807, 2.05) is 0 Å². The van der Waals surface area contributed by atoms with Gasteiger partial charge in [0.25, 0.3) is 10.1 Å². The van der Waals surface area contributed by atoms with Crippen molar-refractivity contribution in [3.8, 4) is 0 Å². The molecule has 7 heteroatoms. The Morgan fingerprint density at radius 2 is 1.68 bits per heavy atom. The van der Waals surface area contributed by atoms with Crippen LogP contribution in [0.5, 0.6) is 0 Å². The summed E-state index contributed by atoms with van der Waals surface area (Å²) in [6.45, 7) is 0.367. The molecule has 6 nitrogen and oxygen atoms in total. The molecule has 0 radical (unpaired) electrons. The zero-order valence-corrected chi connectivity index (χ0v) is 12.5. The number of benzene rings is 2. The zero-order valence-electron chi connectivity index (χ0n) is 11.6. The second-order valence-electron chi connectivity index (χ2n) is 4.70. The van der Waals surface area contributed by atoms with Crippen molar-refractivity contribution in [2.24, 2.45) is 5.73 Å². The molecule has 0 aliphatic rings. The Kier molecular flexibility index (Phi) is 4.92. The van der Waals surface area contributed by atoms with Gasteiger partial charge in [0.2, 0.25) is 5.91 Å². The predicted octanol–water partition coefficient (Wildman–Crippen LogP) is 1.71. The van der Waals surface area contributed by atoms with Gasteiger partial charge in [0.15, 0.2) is 5.25 Å². The van der Waals surface area contributed by atoms with E-state index in [0.29, 0.717) is 12.2 Å². The van der Waals surface area contributed by atoms with Gasteiger partial charge in [-0.1, -0.05) is 42.5 Å². The molecule has 0 aromatic heterocycles. The van der Waals surface area contributed by atoms with E-state index < -0.39 is 21.3 Å². The minimum absolute atomic E-state index is 0.195. The molecule has 0 aliphatic heterocycles. The third kappa shape index (κ3) is 3.91. The molecule has 0 fully saturated rings. The normalized spacial score (nSPS) is 12.6. The highest BCUT2D eigenvalue weighted by Gasteiger charge is 2.32. The lowest BCUT2D eigenvalue weighted by Crippen LogP contribution is -2.27. The van der Waals surface area contributed by atoms with Crippen LogP contribution in [-0.2, 0) is 21.5 Å². The maximum Gasteiger partial charge on any atom is 0.281 e. The summed E-state index contributed by atoms with van der Waals surface area (Å²) in [4.78, 5) is 12.2. The summed E-state index contributed by atoms with van der Waals surface area (Å²) in [6.07, 6.45) is 0. The van der Waals surface area contributed by atoms with Crippen LogP contribution in [0.15, 0.2) is 54.6 Å². The standard InChI is InChI=1S/C15H16N2O4S/c16-10-11-6-8-13(9-7-11)17-15(18)14(22(19,20)21)12-4-2-1-3-5-12/h1-9,14H,10,16H2,(H,17,18)(H,19,20,21). The van der Waals surface area contributed by atoms with E-state index in [1.165, 1.54) is 12.1 Å². The fraction of sp³-hybridized carbons (Fsp3) is 0.133. The van der Waals surface area contributed by atoms with Gasteiger partial charge in [-0.3, -0.25) is 9.35 Å². The molecule has 116 valence electrons. The molecule has 0 saturated carbocycles. The average molecular weight is 320 g/mol. The number of hydrogen-bond acceptors (Lipinski definition) is 4. The molecule has 0 spiro atoms. The Morgan fingerprint density at radius 1 is 1.09 bits per heavy atom. The molecule has 22 heavy (non-hydrogen) atoms. The second kappa shape index (κ2) is 6.69. The first-order valence-corrected chi connectivity index (χ1v) is 8.03. The first-order chi connectivity index (χ1) is 10.4. The van der Waals surface area contributed by atoms with Crippen molar-refractivity contribution < 1.29 is 17.8 Å². The van der Waals surface area contributed by atoms with Crippen LogP contribution in [0.2, 0.25) is 0 Å². The van der Waals surface area contributed by atoms with E-state index >= 15 is 0 Å². The van der Waals surface area contributed by atoms with Gasteiger partial charge in [-0.05, 0) is 23.3 Å². The SMILES string of the molecule is NCc1ccc(NC(=O)C(c2ccccc2)S(=O)(=O)O)cc1. The van der Waals surface area contributed by atoms with Crippen LogP contribution in [0.1, 0.15) is 16.4 Å². The van der Waals surface area contributed by atoms with E-state index in [2.05, 4.69) is 5.32 Å². The van der Waals surface area contributed by atoms with Crippen LogP contribution in [0, 0.1) is 0 Å². The molecular weight excluding hydrogens is 304 g/mol. The first-order valence-electron chi connectivity index (χ1n) is 6.53. The van der Waals surface area contributed by atoms with Crippen LogP contribution in [0.4, 0.5) is 5.69 Å². The Hall–Kier alpha value is -2.22. The number of carbonyl (C=O) groups is 1. The average Bonchev–Trinajstić information content (AvgIpc) is 2.48. The van der Waals surface area contributed by atoms with Crippen molar-refractivity contribution in [2.75, 3.05) is 5.32 Å². The summed E-state index contributed by atoms with van der Waals surface area (Å²) >= 11 is 0. The van der Waals surface area contributed by atoms with E-state index in [4.69, 9.17) is 5.73 Å². The molecule has 0 aliphatic carbocycles. The number of amides is 1. The highest BCUT2D eigenvalue weighted by Crippen LogP contribution is 2.23. The fourth-order valence-corrected chi connectivity index (χ4v) is 2.85. The van der Waals surface area contributed by atoms with Gasteiger partial charge in [-0.2, -0.15) is 8.42 Å². The molecule has 2 rings (SSSR count). The molecule has 4 N–H and O–H groups in total. The van der Waals surface area contributed by atoms with Gasteiger partial charge >= 0.3 is 0 Å². The Balaban J connectivity index is 2.26. The predicted molar refractivity (Wildman–Crippen MR) is 83.7 cm³/mol. The molecule has 0 heterocycles. The number of carbonyl (C=O) groups excluding carboxylic acids is 1. The number of nitrogens with one attached hydrogen (secondary N) is 1. The third-order valence-electron chi connectivity index (χ3n) is 3.10. The lowest BCUT2D eigenvalue weighted by Gasteiger charge is -2.14. The van der Waals surface area contributed by atoms with Gasteiger partial charge < -0.3 is 11.1 Å². The summed E-state index contributed by atoms with van der Waals surface area (Å²) in [5, 5.41) is 0.802. The molecule has 1 unspecified atom stereocenters. The summed E-state index contributed by atoms with van der Waals surface area (Å²) in [7, 11) is -4.58. The largest absolute Gasteiger partial charge is 0.326 e. The van der Waals surface area contributed by atoms with Crippen LogP contribution >= 0.6 is 0 Å². The van der Waals surface area contributed by atoms with Gasteiger partial charge in [0.1, 0.15) is 0 Å². The first kappa shape index (κ1) is 16.2. The van der Waals surface area contributed by atoms with Crippen molar-refractivity contribution in [1.29, 1.82) is 0 Å². The number of nitrogens with two attached hydrogens (primary N) is 1. The molecule has 1 amide bonds. The zero-order chi connectivity index (χ0) is 16.2. The fourth-order valence-electron chi connectivity index (χ4n) is 2.02. The molecule has 0 bridgehead atoms. The van der Waals surface area contributed by atoms with Crippen molar-refractivity contribution in [2.45, 2.75) is 11.8 Å². The Morgan fingerprint density at radius 3 is 2.18 bits per heavy atom. The summed E-state index contributed by atoms with van der Waals surface area (Å²) in [5.74, 6) is -0.825. The lowest BCUT2D eigenvalue weighted by molar-refractivity contribution is -0.116. The Bertz CT molecular complexity index is 743. The quantitative estimate of drug-likeness (QED) is 0.727. The molecule has 2 aromatic carbocycles. The molecular formula is C15H16N2O4S. The summed E-state index contributed by atoms with van der Waals surface area (Å²) in [5.41, 5.74) is 6.98. The highest BCUT2D eigenvalue weighted by molar-refractivity contribution is 7.86. The topological polar surface area (TPSA) is 109 Å². The monoisotopic (exact) mass is 320 g/mol. The van der Waals surface area contributed by atoms with Crippen LogP contribution in [-0.4, -0.2) is 18.9 Å². The number of rotatable bonds is 5. The minimum atomic E-state index is -4.58. The summed E-state index contributed by atoms with van der Waals surface area (Å²) in [6, 6.07) is 14.5. The van der Waals surface area contributed by atoms with Crippen molar-refractivity contribution >= 4 is 21.7 Å². The molecule has 2 aromatic rings. The van der Waals surface area contributed by atoms with Crippen LogP contribution in [0.3, 0.4) is 0 Å². The summed E-state index contributed by atoms with van der Waals surface area (Å²) < 4.78 is 32.4. The number of hydrogen-bond donors (Lipinski definition) is 3. The van der Waals surface area contributed by atoms with Crippen molar-refractivity contribution in [3.05, 3.63) is 65.7 Å². The smallest absolute Gasteiger partial charge is 0.281 e. The van der Waals surface area contributed by atoms with E-state index in [1.54, 1.807) is 42.5 Å². The van der Waals surface area contributed by atoms with E-state index in [0.717, 1.165) is 5.56 Å². The van der Waals surface area contributed by atoms with Crippen LogP contribution in [0.25, 0.3) is 0 Å². The van der Waals surface area contributed by atoms with Gasteiger partial charge in [0, 0.05) is 12.2 Å². The second-order valence-corrected chi connectivity index (χ2v) is 6.20. The maximum atomic E-state index is 12.2.